The normalized spacial score (nSPS) is 20.3. The Kier molecular flexibility index (Phi) is 3.66. The first kappa shape index (κ1) is 13.7. The molecule has 0 aromatic heterocycles. The third kappa shape index (κ3) is 3.38. The smallest absolute Gasteiger partial charge is 0.220 e. The summed E-state index contributed by atoms with van der Waals surface area (Å²) in [6.07, 6.45) is 0.977. The number of rotatable bonds is 4. The van der Waals surface area contributed by atoms with Gasteiger partial charge < -0.3 is 20.9 Å². The molecule has 1 aromatic carbocycles. The van der Waals surface area contributed by atoms with E-state index in [2.05, 4.69) is 0 Å². The van der Waals surface area contributed by atoms with Gasteiger partial charge in [0.05, 0.1) is 13.0 Å². The van der Waals surface area contributed by atoms with Gasteiger partial charge in [-0.15, -0.1) is 0 Å². The molecule has 1 aromatic rings. The van der Waals surface area contributed by atoms with Crippen LogP contribution >= 0.6 is 0 Å². The Morgan fingerprint density at radius 1 is 1.53 bits per heavy atom. The molecule has 1 aliphatic heterocycles. The maximum Gasteiger partial charge on any atom is 0.220 e. The number of amides is 1. The van der Waals surface area contributed by atoms with Gasteiger partial charge in [-0.05, 0) is 19.9 Å². The summed E-state index contributed by atoms with van der Waals surface area (Å²) in [7, 11) is 0. The lowest BCUT2D eigenvalue weighted by atomic mass is 9.90. The summed E-state index contributed by atoms with van der Waals surface area (Å²) in [4.78, 5) is 10.7. The van der Waals surface area contributed by atoms with Gasteiger partial charge in [-0.1, -0.05) is 6.07 Å². The van der Waals surface area contributed by atoms with Crippen molar-refractivity contribution >= 4 is 5.91 Å². The van der Waals surface area contributed by atoms with E-state index >= 15 is 0 Å². The summed E-state index contributed by atoms with van der Waals surface area (Å²) in [5.41, 5.74) is 11.9. The van der Waals surface area contributed by atoms with Gasteiger partial charge in [0, 0.05) is 24.1 Å². The van der Waals surface area contributed by atoms with Crippen molar-refractivity contribution in [2.45, 2.75) is 38.3 Å². The highest BCUT2D eigenvalue weighted by Gasteiger charge is 2.31. The molecule has 19 heavy (non-hydrogen) atoms. The molecule has 0 spiro atoms. The fourth-order valence-corrected chi connectivity index (χ4v) is 2.25. The number of carbonyl (C=O) groups excluding carboxylic acids is 1. The van der Waals surface area contributed by atoms with Crippen molar-refractivity contribution in [3.05, 3.63) is 23.8 Å². The molecule has 0 fully saturated rings. The molecule has 1 heterocycles. The topological polar surface area (TPSA) is 87.6 Å². The Morgan fingerprint density at radius 2 is 2.26 bits per heavy atom. The Hall–Kier alpha value is -1.75. The van der Waals surface area contributed by atoms with E-state index in [1.807, 2.05) is 32.0 Å². The van der Waals surface area contributed by atoms with Gasteiger partial charge in [-0.25, -0.2) is 0 Å². The number of ether oxygens (including phenoxy) is 2. The average molecular weight is 264 g/mol. The highest BCUT2D eigenvalue weighted by Crippen LogP contribution is 2.39. The maximum absolute atomic E-state index is 10.7. The van der Waals surface area contributed by atoms with Crippen LogP contribution in [0.15, 0.2) is 18.2 Å². The van der Waals surface area contributed by atoms with Crippen LogP contribution in [0.5, 0.6) is 11.5 Å². The molecule has 0 aliphatic carbocycles. The van der Waals surface area contributed by atoms with E-state index in [1.165, 1.54) is 0 Å². The van der Waals surface area contributed by atoms with E-state index < -0.39 is 0 Å². The molecular weight excluding hydrogens is 244 g/mol. The monoisotopic (exact) mass is 264 g/mol. The SMILES string of the molecule is CC1(C)CC(N)c2ccc(OCCC(N)=O)cc2O1. The van der Waals surface area contributed by atoms with Crippen LogP contribution < -0.4 is 20.9 Å². The minimum atomic E-state index is -0.377. The molecule has 0 saturated carbocycles. The van der Waals surface area contributed by atoms with E-state index in [0.29, 0.717) is 5.75 Å². The largest absolute Gasteiger partial charge is 0.493 e. The summed E-state index contributed by atoms with van der Waals surface area (Å²) in [5.74, 6) is 1.03. The van der Waals surface area contributed by atoms with Gasteiger partial charge in [-0.2, -0.15) is 0 Å². The predicted octanol–water partition coefficient (Wildman–Crippen LogP) is 1.50. The van der Waals surface area contributed by atoms with Crippen LogP contribution in [0, 0.1) is 0 Å². The first-order chi connectivity index (χ1) is 8.87. The zero-order chi connectivity index (χ0) is 14.0. The molecule has 104 valence electrons. The third-order valence-corrected chi connectivity index (χ3v) is 3.10. The fraction of sp³-hybridized carbons (Fsp3) is 0.500. The molecule has 5 nitrogen and oxygen atoms in total. The molecule has 2 rings (SSSR count). The number of nitrogens with two attached hydrogens (primary N) is 2. The van der Waals surface area contributed by atoms with Crippen LogP contribution in [0.3, 0.4) is 0 Å². The average Bonchev–Trinajstić information content (AvgIpc) is 2.26. The second kappa shape index (κ2) is 5.09. The maximum atomic E-state index is 10.7. The molecular formula is C14H20N2O3. The molecule has 1 unspecified atom stereocenters. The van der Waals surface area contributed by atoms with Crippen molar-refractivity contribution in [1.82, 2.24) is 0 Å². The van der Waals surface area contributed by atoms with Crippen molar-refractivity contribution in [2.24, 2.45) is 11.5 Å². The van der Waals surface area contributed by atoms with Crippen molar-refractivity contribution in [3.63, 3.8) is 0 Å². The standard InChI is InChI=1S/C14H20N2O3/c1-14(2)8-11(15)10-4-3-9(7-12(10)19-14)18-6-5-13(16)17/h3-4,7,11H,5-6,8,15H2,1-2H3,(H2,16,17). The van der Waals surface area contributed by atoms with E-state index in [4.69, 9.17) is 20.9 Å². The Bertz CT molecular complexity index is 486. The van der Waals surface area contributed by atoms with Crippen LogP contribution in [0.4, 0.5) is 0 Å². The van der Waals surface area contributed by atoms with E-state index in [0.717, 1.165) is 17.7 Å². The summed E-state index contributed by atoms with van der Waals surface area (Å²) in [6, 6.07) is 5.53. The van der Waals surface area contributed by atoms with E-state index in [1.54, 1.807) is 0 Å². The van der Waals surface area contributed by atoms with E-state index in [-0.39, 0.29) is 30.6 Å². The van der Waals surface area contributed by atoms with Gasteiger partial charge in [0.25, 0.3) is 0 Å². The van der Waals surface area contributed by atoms with Crippen LogP contribution in [-0.2, 0) is 4.79 Å². The van der Waals surface area contributed by atoms with Gasteiger partial charge >= 0.3 is 0 Å². The quantitative estimate of drug-likeness (QED) is 0.862. The number of hydrogen-bond acceptors (Lipinski definition) is 4. The van der Waals surface area contributed by atoms with E-state index in [9.17, 15) is 4.79 Å². The van der Waals surface area contributed by atoms with Gasteiger partial charge in [0.1, 0.15) is 17.1 Å². The summed E-state index contributed by atoms with van der Waals surface area (Å²) in [5, 5.41) is 0. The second-order valence-electron chi connectivity index (χ2n) is 5.44. The number of hydrogen-bond donors (Lipinski definition) is 2. The highest BCUT2D eigenvalue weighted by molar-refractivity contribution is 5.73. The number of benzene rings is 1. The first-order valence-electron chi connectivity index (χ1n) is 6.37. The molecule has 1 atom stereocenters. The van der Waals surface area contributed by atoms with Crippen LogP contribution in [0.2, 0.25) is 0 Å². The molecule has 0 saturated heterocycles. The molecule has 4 N–H and O–H groups in total. The fourth-order valence-electron chi connectivity index (χ4n) is 2.25. The number of primary amides is 1. The minimum absolute atomic E-state index is 0.0292. The minimum Gasteiger partial charge on any atom is -0.493 e. The third-order valence-electron chi connectivity index (χ3n) is 3.10. The molecule has 5 heteroatoms. The Balaban J connectivity index is 2.12. The van der Waals surface area contributed by atoms with Gasteiger partial charge in [0.2, 0.25) is 5.91 Å². The zero-order valence-electron chi connectivity index (χ0n) is 11.3. The lowest BCUT2D eigenvalue weighted by Gasteiger charge is -2.36. The lowest BCUT2D eigenvalue weighted by molar-refractivity contribution is -0.118. The summed E-state index contributed by atoms with van der Waals surface area (Å²) >= 11 is 0. The number of carbonyl (C=O) groups is 1. The zero-order valence-corrected chi connectivity index (χ0v) is 11.3. The van der Waals surface area contributed by atoms with Crippen molar-refractivity contribution in [1.29, 1.82) is 0 Å². The summed E-state index contributed by atoms with van der Waals surface area (Å²) < 4.78 is 11.4. The molecule has 1 aliphatic rings. The predicted molar refractivity (Wildman–Crippen MR) is 72.0 cm³/mol. The highest BCUT2D eigenvalue weighted by atomic mass is 16.5. The van der Waals surface area contributed by atoms with Crippen molar-refractivity contribution in [3.8, 4) is 11.5 Å². The van der Waals surface area contributed by atoms with Gasteiger partial charge in [-0.3, -0.25) is 4.79 Å². The Labute approximate surface area is 112 Å². The van der Waals surface area contributed by atoms with Crippen molar-refractivity contribution in [2.75, 3.05) is 6.61 Å². The lowest BCUT2D eigenvalue weighted by Crippen LogP contribution is -2.37. The first-order valence-corrected chi connectivity index (χ1v) is 6.37. The second-order valence-corrected chi connectivity index (χ2v) is 5.44. The van der Waals surface area contributed by atoms with Gasteiger partial charge in [0.15, 0.2) is 0 Å². The van der Waals surface area contributed by atoms with Crippen LogP contribution in [-0.4, -0.2) is 18.1 Å². The number of fused-ring (bicyclic) bond motifs is 1. The van der Waals surface area contributed by atoms with Crippen molar-refractivity contribution < 1.29 is 14.3 Å². The molecule has 0 bridgehead atoms. The Morgan fingerprint density at radius 3 is 2.95 bits per heavy atom. The summed E-state index contributed by atoms with van der Waals surface area (Å²) in [6.45, 7) is 4.29. The molecule has 0 radical (unpaired) electrons. The molecule has 1 amide bonds. The van der Waals surface area contributed by atoms with Crippen LogP contribution in [0.1, 0.15) is 38.3 Å². The van der Waals surface area contributed by atoms with Crippen LogP contribution in [0.25, 0.3) is 0 Å².